The van der Waals surface area contributed by atoms with Crippen LogP contribution in [0.2, 0.25) is 0 Å². The van der Waals surface area contributed by atoms with Gasteiger partial charge in [0.1, 0.15) is 0 Å². The number of aromatic nitrogens is 1. The van der Waals surface area contributed by atoms with E-state index in [1.165, 1.54) is 0 Å². The Hall–Kier alpha value is -2.36. The first-order valence-corrected chi connectivity index (χ1v) is 6.35. The Labute approximate surface area is 112 Å². The number of benzene rings is 1. The van der Waals surface area contributed by atoms with Gasteiger partial charge < -0.3 is 10.6 Å². The van der Waals surface area contributed by atoms with Gasteiger partial charge in [-0.05, 0) is 24.6 Å². The van der Waals surface area contributed by atoms with E-state index < -0.39 is 0 Å². The summed E-state index contributed by atoms with van der Waals surface area (Å²) in [6.07, 6.45) is 4.29. The van der Waals surface area contributed by atoms with E-state index >= 15 is 0 Å². The van der Waals surface area contributed by atoms with Crippen LogP contribution in [-0.4, -0.2) is 17.4 Å². The molecule has 98 valence electrons. The number of amides is 1. The Morgan fingerprint density at radius 3 is 2.74 bits per heavy atom. The van der Waals surface area contributed by atoms with Crippen molar-refractivity contribution in [2.24, 2.45) is 0 Å². The molecule has 0 aliphatic rings. The average molecular weight is 255 g/mol. The lowest BCUT2D eigenvalue weighted by atomic mass is 10.2. The zero-order chi connectivity index (χ0) is 13.5. The van der Waals surface area contributed by atoms with E-state index in [9.17, 15) is 4.79 Å². The lowest BCUT2D eigenvalue weighted by molar-refractivity contribution is 0.102. The molecule has 2 rings (SSSR count). The van der Waals surface area contributed by atoms with Crippen LogP contribution in [0.3, 0.4) is 0 Å². The van der Waals surface area contributed by atoms with Crippen molar-refractivity contribution in [2.45, 2.75) is 13.3 Å². The third-order valence-electron chi connectivity index (χ3n) is 2.66. The van der Waals surface area contributed by atoms with Crippen LogP contribution in [-0.2, 0) is 0 Å². The van der Waals surface area contributed by atoms with Crippen LogP contribution < -0.4 is 10.6 Å². The van der Waals surface area contributed by atoms with Crippen molar-refractivity contribution in [3.8, 4) is 0 Å². The van der Waals surface area contributed by atoms with Crippen molar-refractivity contribution < 1.29 is 4.79 Å². The minimum Gasteiger partial charge on any atom is -0.383 e. The minimum atomic E-state index is -0.132. The van der Waals surface area contributed by atoms with Crippen molar-refractivity contribution in [2.75, 3.05) is 17.2 Å². The summed E-state index contributed by atoms with van der Waals surface area (Å²) in [6, 6.07) is 11.1. The summed E-state index contributed by atoms with van der Waals surface area (Å²) >= 11 is 0. The molecular formula is C15H17N3O. The molecule has 4 heteroatoms. The fourth-order valence-corrected chi connectivity index (χ4v) is 1.71. The van der Waals surface area contributed by atoms with Crippen LogP contribution in [0.25, 0.3) is 0 Å². The quantitative estimate of drug-likeness (QED) is 0.863. The molecule has 0 bridgehead atoms. The molecule has 0 radical (unpaired) electrons. The highest BCUT2D eigenvalue weighted by molar-refractivity contribution is 6.07. The smallest absolute Gasteiger partial charge is 0.257 e. The van der Waals surface area contributed by atoms with E-state index in [4.69, 9.17) is 0 Å². The predicted molar refractivity (Wildman–Crippen MR) is 77.4 cm³/mol. The first kappa shape index (κ1) is 13.1. The van der Waals surface area contributed by atoms with Crippen LogP contribution in [0.15, 0.2) is 48.8 Å². The van der Waals surface area contributed by atoms with Gasteiger partial charge in [0.05, 0.1) is 17.4 Å². The average Bonchev–Trinajstić information content (AvgIpc) is 2.46. The van der Waals surface area contributed by atoms with Crippen molar-refractivity contribution in [3.63, 3.8) is 0 Å². The highest BCUT2D eigenvalue weighted by atomic mass is 16.1. The highest BCUT2D eigenvalue weighted by Gasteiger charge is 2.10. The summed E-state index contributed by atoms with van der Waals surface area (Å²) in [5, 5.41) is 6.07. The van der Waals surface area contributed by atoms with Crippen molar-refractivity contribution >= 4 is 17.3 Å². The lowest BCUT2D eigenvalue weighted by Crippen LogP contribution is -2.15. The molecule has 1 aromatic heterocycles. The summed E-state index contributed by atoms with van der Waals surface area (Å²) in [6.45, 7) is 2.89. The van der Waals surface area contributed by atoms with Gasteiger partial charge >= 0.3 is 0 Å². The molecule has 0 spiro atoms. The summed E-state index contributed by atoms with van der Waals surface area (Å²) in [4.78, 5) is 16.3. The maximum absolute atomic E-state index is 12.2. The fourth-order valence-electron chi connectivity index (χ4n) is 1.71. The van der Waals surface area contributed by atoms with Crippen LogP contribution >= 0.6 is 0 Å². The fraction of sp³-hybridized carbons (Fsp3) is 0.200. The van der Waals surface area contributed by atoms with Crippen LogP contribution in [0.5, 0.6) is 0 Å². The maximum Gasteiger partial charge on any atom is 0.257 e. The van der Waals surface area contributed by atoms with Crippen molar-refractivity contribution in [1.82, 2.24) is 4.98 Å². The lowest BCUT2D eigenvalue weighted by Gasteiger charge is -2.11. The molecule has 2 N–H and O–H groups in total. The Morgan fingerprint density at radius 2 is 2.00 bits per heavy atom. The summed E-state index contributed by atoms with van der Waals surface area (Å²) in [5.74, 6) is -0.132. The number of nitrogens with zero attached hydrogens (tertiary/aromatic N) is 1. The summed E-state index contributed by atoms with van der Waals surface area (Å²) in [5.41, 5.74) is 2.15. The topological polar surface area (TPSA) is 54.0 Å². The van der Waals surface area contributed by atoms with Crippen LogP contribution in [0, 0.1) is 0 Å². The van der Waals surface area contributed by atoms with Gasteiger partial charge in [-0.3, -0.25) is 9.78 Å². The number of carbonyl (C=O) groups is 1. The molecule has 1 heterocycles. The van der Waals surface area contributed by atoms with E-state index in [-0.39, 0.29) is 5.91 Å². The molecule has 19 heavy (non-hydrogen) atoms. The molecule has 2 aromatic rings. The summed E-state index contributed by atoms with van der Waals surface area (Å²) < 4.78 is 0. The van der Waals surface area contributed by atoms with E-state index in [2.05, 4.69) is 22.5 Å². The Morgan fingerprint density at radius 1 is 1.21 bits per heavy atom. The molecule has 0 fully saturated rings. The largest absolute Gasteiger partial charge is 0.383 e. The van der Waals surface area contributed by atoms with Gasteiger partial charge in [0.25, 0.3) is 5.91 Å². The number of rotatable bonds is 5. The van der Waals surface area contributed by atoms with E-state index in [1.807, 2.05) is 30.3 Å². The highest BCUT2D eigenvalue weighted by Crippen LogP contribution is 2.16. The van der Waals surface area contributed by atoms with Gasteiger partial charge in [0.2, 0.25) is 0 Å². The third kappa shape index (κ3) is 3.55. The number of hydrogen-bond acceptors (Lipinski definition) is 3. The Kier molecular flexibility index (Phi) is 4.50. The van der Waals surface area contributed by atoms with Crippen LogP contribution in [0.1, 0.15) is 23.7 Å². The molecule has 0 aliphatic heterocycles. The van der Waals surface area contributed by atoms with Gasteiger partial charge in [-0.1, -0.05) is 25.1 Å². The third-order valence-corrected chi connectivity index (χ3v) is 2.66. The zero-order valence-electron chi connectivity index (χ0n) is 10.9. The number of pyridine rings is 1. The number of anilines is 2. The normalized spacial score (nSPS) is 9.95. The first-order valence-electron chi connectivity index (χ1n) is 6.35. The number of carbonyl (C=O) groups excluding carboxylic acids is 1. The number of para-hydroxylation sites is 1. The monoisotopic (exact) mass is 255 g/mol. The maximum atomic E-state index is 12.2. The van der Waals surface area contributed by atoms with E-state index in [1.54, 1.807) is 18.5 Å². The zero-order valence-corrected chi connectivity index (χ0v) is 10.9. The van der Waals surface area contributed by atoms with Gasteiger partial charge in [-0.25, -0.2) is 0 Å². The second-order valence-electron chi connectivity index (χ2n) is 4.17. The molecular weight excluding hydrogens is 238 g/mol. The molecule has 0 unspecified atom stereocenters. The van der Waals surface area contributed by atoms with E-state index in [0.717, 1.165) is 24.3 Å². The molecule has 4 nitrogen and oxygen atoms in total. The molecule has 1 aromatic carbocycles. The first-order chi connectivity index (χ1) is 9.31. The molecule has 0 atom stereocenters. The van der Waals surface area contributed by atoms with Gasteiger partial charge in [0, 0.05) is 18.4 Å². The Bertz CT molecular complexity index is 540. The van der Waals surface area contributed by atoms with E-state index in [0.29, 0.717) is 5.56 Å². The standard InChI is InChI=1S/C15H17N3O/c1-2-9-17-14-11-16-10-8-13(14)15(19)18-12-6-4-3-5-7-12/h3-8,10-11,17H,2,9H2,1H3,(H,18,19). The molecule has 1 amide bonds. The molecule has 0 saturated carbocycles. The molecule has 0 saturated heterocycles. The van der Waals surface area contributed by atoms with Crippen LogP contribution in [0.4, 0.5) is 11.4 Å². The second-order valence-corrected chi connectivity index (χ2v) is 4.17. The number of hydrogen-bond donors (Lipinski definition) is 2. The SMILES string of the molecule is CCCNc1cnccc1C(=O)Nc1ccccc1. The van der Waals surface area contributed by atoms with Gasteiger partial charge in [-0.2, -0.15) is 0 Å². The predicted octanol–water partition coefficient (Wildman–Crippen LogP) is 3.16. The number of nitrogens with one attached hydrogen (secondary N) is 2. The summed E-state index contributed by atoms with van der Waals surface area (Å²) in [7, 11) is 0. The second kappa shape index (κ2) is 6.54. The van der Waals surface area contributed by atoms with Crippen molar-refractivity contribution in [1.29, 1.82) is 0 Å². The van der Waals surface area contributed by atoms with Crippen molar-refractivity contribution in [3.05, 3.63) is 54.4 Å². The Balaban J connectivity index is 2.14. The molecule has 0 aliphatic carbocycles. The van der Waals surface area contributed by atoms with Gasteiger partial charge in [0.15, 0.2) is 0 Å². The minimum absolute atomic E-state index is 0.132. The van der Waals surface area contributed by atoms with Gasteiger partial charge in [-0.15, -0.1) is 0 Å².